The van der Waals surface area contributed by atoms with Gasteiger partial charge < -0.3 is 9.84 Å². The van der Waals surface area contributed by atoms with E-state index in [0.29, 0.717) is 0 Å². The van der Waals surface area contributed by atoms with Gasteiger partial charge in [0.15, 0.2) is 0 Å². The van der Waals surface area contributed by atoms with E-state index in [4.69, 9.17) is 4.74 Å². The summed E-state index contributed by atoms with van der Waals surface area (Å²) in [5, 5.41) is 10.8. The molecule has 2 rings (SSSR count). The van der Waals surface area contributed by atoms with Crippen molar-refractivity contribution in [2.24, 2.45) is 0 Å². The van der Waals surface area contributed by atoms with Crippen LogP contribution >= 0.6 is 0 Å². The normalized spacial score (nSPS) is 19.7. The van der Waals surface area contributed by atoms with Crippen molar-refractivity contribution in [1.29, 1.82) is 0 Å². The number of aliphatic hydroxyl groups is 1. The molecule has 2 nitrogen and oxygen atoms in total. The molecule has 1 unspecified atom stereocenters. The average Bonchev–Trinajstić information content (AvgIpc) is 2.53. The lowest BCUT2D eigenvalue weighted by molar-refractivity contribution is -0.0197. The molecule has 1 heterocycles. The summed E-state index contributed by atoms with van der Waals surface area (Å²) in [6, 6.07) is 10.5. The van der Waals surface area contributed by atoms with Gasteiger partial charge in [-0.2, -0.15) is 0 Å². The molecular weight excluding hydrogens is 248 g/mol. The van der Waals surface area contributed by atoms with Crippen molar-refractivity contribution in [3.8, 4) is 0 Å². The number of hydrogen-bond donors (Lipinski definition) is 1. The Bertz CT molecular complexity index is 368. The highest BCUT2D eigenvalue weighted by atomic mass is 16.5. The van der Waals surface area contributed by atoms with E-state index in [9.17, 15) is 5.11 Å². The van der Waals surface area contributed by atoms with Crippen molar-refractivity contribution >= 4 is 0 Å². The van der Waals surface area contributed by atoms with Crippen molar-refractivity contribution in [2.75, 3.05) is 13.2 Å². The van der Waals surface area contributed by atoms with Crippen LogP contribution in [0.25, 0.3) is 0 Å². The molecule has 0 radical (unpaired) electrons. The molecule has 1 fully saturated rings. The fourth-order valence-electron chi connectivity index (χ4n) is 3.36. The van der Waals surface area contributed by atoms with Gasteiger partial charge in [-0.1, -0.05) is 62.9 Å². The van der Waals surface area contributed by atoms with Gasteiger partial charge in [-0.3, -0.25) is 0 Å². The minimum Gasteiger partial charge on any atom is -0.392 e. The Morgan fingerprint density at radius 2 is 1.80 bits per heavy atom. The minimum absolute atomic E-state index is 0.0915. The van der Waals surface area contributed by atoms with Crippen LogP contribution in [0.2, 0.25) is 0 Å². The maximum absolute atomic E-state index is 10.8. The van der Waals surface area contributed by atoms with E-state index in [-0.39, 0.29) is 11.5 Å². The van der Waals surface area contributed by atoms with Crippen molar-refractivity contribution < 1.29 is 9.84 Å². The Morgan fingerprint density at radius 3 is 2.45 bits per heavy atom. The molecule has 0 bridgehead atoms. The third-order valence-electron chi connectivity index (χ3n) is 4.70. The molecule has 20 heavy (non-hydrogen) atoms. The third-order valence-corrected chi connectivity index (χ3v) is 4.70. The van der Waals surface area contributed by atoms with Crippen LogP contribution in [-0.4, -0.2) is 24.4 Å². The molecule has 1 atom stereocenters. The van der Waals surface area contributed by atoms with Crippen LogP contribution in [0.5, 0.6) is 0 Å². The quantitative estimate of drug-likeness (QED) is 0.761. The molecule has 2 heteroatoms. The van der Waals surface area contributed by atoms with E-state index in [2.05, 4.69) is 31.2 Å². The largest absolute Gasteiger partial charge is 0.392 e. The van der Waals surface area contributed by atoms with E-state index in [1.807, 2.05) is 6.07 Å². The zero-order chi connectivity index (χ0) is 14.3. The van der Waals surface area contributed by atoms with Crippen molar-refractivity contribution in [3.05, 3.63) is 35.9 Å². The average molecular weight is 276 g/mol. The zero-order valence-electron chi connectivity index (χ0n) is 12.7. The van der Waals surface area contributed by atoms with Gasteiger partial charge in [-0.05, 0) is 24.8 Å². The van der Waals surface area contributed by atoms with Gasteiger partial charge in [0.25, 0.3) is 0 Å². The fraction of sp³-hybridized carbons (Fsp3) is 0.667. The number of hydrogen-bond acceptors (Lipinski definition) is 2. The van der Waals surface area contributed by atoms with Crippen LogP contribution < -0.4 is 0 Å². The first-order valence-corrected chi connectivity index (χ1v) is 8.11. The van der Waals surface area contributed by atoms with E-state index < -0.39 is 0 Å². The number of benzene rings is 1. The molecule has 112 valence electrons. The third kappa shape index (κ3) is 3.62. The van der Waals surface area contributed by atoms with Crippen LogP contribution in [0.4, 0.5) is 0 Å². The van der Waals surface area contributed by atoms with Gasteiger partial charge in [0, 0.05) is 18.6 Å². The first-order chi connectivity index (χ1) is 9.79. The molecular formula is C18H28O2. The summed E-state index contributed by atoms with van der Waals surface area (Å²) in [4.78, 5) is 0. The molecule has 0 aliphatic carbocycles. The van der Waals surface area contributed by atoms with E-state index in [0.717, 1.165) is 38.9 Å². The Labute approximate surface area is 123 Å². The summed E-state index contributed by atoms with van der Waals surface area (Å²) in [6.45, 7) is 3.75. The summed E-state index contributed by atoms with van der Waals surface area (Å²) in [5.74, 6) is 0. The lowest BCUT2D eigenvalue weighted by Gasteiger charge is -2.41. The molecule has 0 amide bonds. The van der Waals surface area contributed by atoms with Crippen molar-refractivity contribution in [1.82, 2.24) is 0 Å². The second-order valence-electron chi connectivity index (χ2n) is 6.00. The topological polar surface area (TPSA) is 29.5 Å². The van der Waals surface area contributed by atoms with Gasteiger partial charge in [0.2, 0.25) is 0 Å². The molecule has 1 aromatic rings. The number of aliphatic hydroxyl groups excluding tert-OH is 1. The van der Waals surface area contributed by atoms with Crippen molar-refractivity contribution in [2.45, 2.75) is 63.4 Å². The van der Waals surface area contributed by atoms with Gasteiger partial charge in [0.1, 0.15) is 0 Å². The molecule has 1 aliphatic heterocycles. The zero-order valence-corrected chi connectivity index (χ0v) is 12.7. The van der Waals surface area contributed by atoms with E-state index in [1.54, 1.807) is 0 Å². The van der Waals surface area contributed by atoms with Crippen LogP contribution in [0.3, 0.4) is 0 Å². The summed E-state index contributed by atoms with van der Waals surface area (Å²) in [5.41, 5.74) is 1.19. The van der Waals surface area contributed by atoms with Gasteiger partial charge in [0.05, 0.1) is 6.10 Å². The summed E-state index contributed by atoms with van der Waals surface area (Å²) >= 11 is 0. The second kappa shape index (κ2) is 7.80. The van der Waals surface area contributed by atoms with E-state index in [1.165, 1.54) is 24.8 Å². The minimum atomic E-state index is -0.245. The summed E-state index contributed by atoms with van der Waals surface area (Å²) in [6.07, 6.45) is 7.42. The lowest BCUT2D eigenvalue weighted by atomic mass is 9.69. The summed E-state index contributed by atoms with van der Waals surface area (Å²) < 4.78 is 5.53. The second-order valence-corrected chi connectivity index (χ2v) is 6.00. The van der Waals surface area contributed by atoms with Gasteiger partial charge >= 0.3 is 0 Å². The predicted octanol–water partition coefficient (Wildman–Crippen LogP) is 4.07. The first-order valence-electron chi connectivity index (χ1n) is 8.11. The molecule has 0 spiro atoms. The molecule has 0 saturated carbocycles. The first kappa shape index (κ1) is 15.5. The maximum Gasteiger partial charge on any atom is 0.0638 e. The smallest absolute Gasteiger partial charge is 0.0638 e. The summed E-state index contributed by atoms with van der Waals surface area (Å²) in [7, 11) is 0. The van der Waals surface area contributed by atoms with E-state index >= 15 is 0 Å². The highest BCUT2D eigenvalue weighted by Gasteiger charge is 2.40. The van der Waals surface area contributed by atoms with Crippen LogP contribution in [0.15, 0.2) is 30.3 Å². The fourth-order valence-corrected chi connectivity index (χ4v) is 3.36. The van der Waals surface area contributed by atoms with Crippen LogP contribution in [0.1, 0.15) is 57.4 Å². The van der Waals surface area contributed by atoms with Crippen LogP contribution in [-0.2, 0) is 10.2 Å². The highest BCUT2D eigenvalue weighted by Crippen LogP contribution is 2.39. The van der Waals surface area contributed by atoms with Gasteiger partial charge in [-0.15, -0.1) is 0 Å². The molecule has 1 saturated heterocycles. The molecule has 1 aromatic carbocycles. The predicted molar refractivity (Wildman–Crippen MR) is 82.9 cm³/mol. The highest BCUT2D eigenvalue weighted by molar-refractivity contribution is 5.27. The Balaban J connectivity index is 2.06. The lowest BCUT2D eigenvalue weighted by Crippen LogP contribution is -2.44. The molecule has 1 aliphatic rings. The number of ether oxygens (including phenoxy) is 1. The number of unbranched alkanes of at least 4 members (excludes halogenated alkanes) is 3. The maximum atomic E-state index is 10.8. The Morgan fingerprint density at radius 1 is 1.10 bits per heavy atom. The molecule has 0 aromatic heterocycles. The molecule has 1 N–H and O–H groups in total. The Kier molecular flexibility index (Phi) is 6.06. The number of rotatable bonds is 7. The van der Waals surface area contributed by atoms with Crippen LogP contribution in [0, 0.1) is 0 Å². The van der Waals surface area contributed by atoms with Crippen molar-refractivity contribution in [3.63, 3.8) is 0 Å². The monoisotopic (exact) mass is 276 g/mol. The standard InChI is InChI=1S/C18H28O2/c1-2-3-4-8-11-17(19)18(12-14-20-15-13-18)16-9-6-5-7-10-16/h5-7,9-10,17,19H,2-4,8,11-15H2,1H3. The van der Waals surface area contributed by atoms with Gasteiger partial charge in [-0.25, -0.2) is 0 Å². The Hall–Kier alpha value is -0.860. The SMILES string of the molecule is CCCCCCC(O)C1(c2ccccc2)CCOCC1.